The Kier molecular flexibility index (Phi) is 7.70. The summed E-state index contributed by atoms with van der Waals surface area (Å²) in [5.41, 5.74) is 1.01. The minimum Gasteiger partial charge on any atom is -0.449 e. The summed E-state index contributed by atoms with van der Waals surface area (Å²) < 4.78 is 5.23. The maximum Gasteiger partial charge on any atom is 0.339 e. The Morgan fingerprint density at radius 3 is 2.45 bits per heavy atom. The van der Waals surface area contributed by atoms with Crippen LogP contribution in [-0.2, 0) is 9.53 Å². The zero-order valence-corrected chi connectivity index (χ0v) is 16.7. The van der Waals surface area contributed by atoms with E-state index in [1.165, 1.54) is 19.1 Å². The molecule has 0 heterocycles. The van der Waals surface area contributed by atoms with Crippen molar-refractivity contribution in [1.82, 2.24) is 5.32 Å². The second kappa shape index (κ2) is 10.2. The summed E-state index contributed by atoms with van der Waals surface area (Å²) in [6, 6.07) is 13.3. The molecule has 2 N–H and O–H groups in total. The Morgan fingerprint density at radius 1 is 1.17 bits per heavy atom. The van der Waals surface area contributed by atoms with E-state index in [-0.39, 0.29) is 23.0 Å². The third-order valence-electron chi connectivity index (χ3n) is 4.45. The van der Waals surface area contributed by atoms with E-state index in [4.69, 9.17) is 4.74 Å². The summed E-state index contributed by atoms with van der Waals surface area (Å²) in [5.74, 6) is -1.23. The zero-order chi connectivity index (χ0) is 21.4. The molecule has 0 spiro atoms. The van der Waals surface area contributed by atoms with Gasteiger partial charge in [0, 0.05) is 13.1 Å². The van der Waals surface area contributed by atoms with Crippen LogP contribution in [0, 0.1) is 10.1 Å². The molecule has 2 rings (SSSR count). The standard InChI is InChI=1S/C21H25N3O5/c1-4-8-17(15-9-6-5-7-10-15)23-20(25)14(2)29-21(26)16-11-12-18(22-3)19(13-16)24(27)28/h5-7,9-14,17,22H,4,8H2,1-3H3,(H,23,25)/t14-,17+/m1/s1. The molecule has 0 saturated heterocycles. The van der Waals surface area contributed by atoms with Crippen LogP contribution in [0.5, 0.6) is 0 Å². The van der Waals surface area contributed by atoms with Gasteiger partial charge in [-0.3, -0.25) is 14.9 Å². The van der Waals surface area contributed by atoms with Crippen molar-refractivity contribution in [3.05, 3.63) is 69.8 Å². The van der Waals surface area contributed by atoms with Crippen molar-refractivity contribution in [2.24, 2.45) is 0 Å². The molecule has 8 nitrogen and oxygen atoms in total. The van der Waals surface area contributed by atoms with Gasteiger partial charge in [0.05, 0.1) is 16.5 Å². The van der Waals surface area contributed by atoms with Crippen molar-refractivity contribution in [2.75, 3.05) is 12.4 Å². The van der Waals surface area contributed by atoms with Gasteiger partial charge in [-0.15, -0.1) is 0 Å². The summed E-state index contributed by atoms with van der Waals surface area (Å²) in [6.07, 6.45) is 0.567. The number of esters is 1. The fourth-order valence-electron chi connectivity index (χ4n) is 2.89. The second-order valence-corrected chi connectivity index (χ2v) is 6.55. The number of nitrogens with one attached hydrogen (secondary N) is 2. The van der Waals surface area contributed by atoms with Crippen molar-refractivity contribution in [3.8, 4) is 0 Å². The number of ether oxygens (including phenoxy) is 1. The van der Waals surface area contributed by atoms with Crippen molar-refractivity contribution in [3.63, 3.8) is 0 Å². The number of nitro groups is 1. The molecule has 1 amide bonds. The third kappa shape index (κ3) is 5.78. The van der Waals surface area contributed by atoms with Gasteiger partial charge in [-0.2, -0.15) is 0 Å². The number of nitro benzene ring substituents is 1. The van der Waals surface area contributed by atoms with E-state index in [0.717, 1.165) is 24.5 Å². The lowest BCUT2D eigenvalue weighted by molar-refractivity contribution is -0.384. The van der Waals surface area contributed by atoms with Gasteiger partial charge in [0.15, 0.2) is 6.10 Å². The lowest BCUT2D eigenvalue weighted by atomic mass is 10.0. The van der Waals surface area contributed by atoms with Crippen LogP contribution in [0.15, 0.2) is 48.5 Å². The third-order valence-corrected chi connectivity index (χ3v) is 4.45. The summed E-state index contributed by atoms with van der Waals surface area (Å²) in [4.78, 5) is 35.5. The van der Waals surface area contributed by atoms with Crippen molar-refractivity contribution < 1.29 is 19.2 Å². The monoisotopic (exact) mass is 399 g/mol. The van der Waals surface area contributed by atoms with E-state index in [1.54, 1.807) is 7.05 Å². The summed E-state index contributed by atoms with van der Waals surface area (Å²) >= 11 is 0. The fourth-order valence-corrected chi connectivity index (χ4v) is 2.89. The average molecular weight is 399 g/mol. The summed E-state index contributed by atoms with van der Waals surface area (Å²) in [5, 5.41) is 16.8. The SMILES string of the molecule is CCC[C@H](NC(=O)[C@@H](C)OC(=O)c1ccc(NC)c([N+](=O)[O-])c1)c1ccccc1. The Morgan fingerprint density at radius 2 is 1.86 bits per heavy atom. The molecule has 0 aromatic heterocycles. The first-order valence-electron chi connectivity index (χ1n) is 9.39. The predicted octanol–water partition coefficient (Wildman–Crippen LogP) is 3.84. The molecule has 2 atom stereocenters. The summed E-state index contributed by atoms with van der Waals surface area (Å²) in [7, 11) is 1.55. The van der Waals surface area contributed by atoms with Gasteiger partial charge >= 0.3 is 5.97 Å². The van der Waals surface area contributed by atoms with E-state index in [1.807, 2.05) is 37.3 Å². The second-order valence-electron chi connectivity index (χ2n) is 6.55. The highest BCUT2D eigenvalue weighted by Crippen LogP contribution is 2.25. The maximum absolute atomic E-state index is 12.5. The van der Waals surface area contributed by atoms with Crippen LogP contribution in [0.4, 0.5) is 11.4 Å². The highest BCUT2D eigenvalue weighted by molar-refractivity contribution is 5.93. The summed E-state index contributed by atoms with van der Waals surface area (Å²) in [6.45, 7) is 3.49. The van der Waals surface area contributed by atoms with E-state index in [2.05, 4.69) is 10.6 Å². The zero-order valence-electron chi connectivity index (χ0n) is 16.7. The minimum absolute atomic E-state index is 0.00326. The molecule has 0 aliphatic heterocycles. The molecular formula is C21H25N3O5. The quantitative estimate of drug-likeness (QED) is 0.377. The molecule has 0 aliphatic rings. The van der Waals surface area contributed by atoms with E-state index in [0.29, 0.717) is 0 Å². The highest BCUT2D eigenvalue weighted by atomic mass is 16.6. The number of carbonyl (C=O) groups is 2. The Hall–Kier alpha value is -3.42. The smallest absolute Gasteiger partial charge is 0.339 e. The maximum atomic E-state index is 12.5. The number of rotatable bonds is 9. The number of nitrogens with zero attached hydrogens (tertiary/aromatic N) is 1. The number of amides is 1. The average Bonchev–Trinajstić information content (AvgIpc) is 2.73. The van der Waals surface area contributed by atoms with Crippen LogP contribution in [0.3, 0.4) is 0 Å². The van der Waals surface area contributed by atoms with E-state index >= 15 is 0 Å². The first kappa shape index (κ1) is 21.9. The van der Waals surface area contributed by atoms with Gasteiger partial charge in [-0.05, 0) is 31.0 Å². The molecule has 0 unspecified atom stereocenters. The molecule has 8 heteroatoms. The minimum atomic E-state index is -1.05. The molecule has 2 aromatic rings. The number of hydrogen-bond donors (Lipinski definition) is 2. The lowest BCUT2D eigenvalue weighted by Gasteiger charge is -2.21. The molecular weight excluding hydrogens is 374 g/mol. The van der Waals surface area contributed by atoms with Crippen LogP contribution >= 0.6 is 0 Å². The van der Waals surface area contributed by atoms with Crippen LogP contribution in [0.1, 0.15) is 48.7 Å². The van der Waals surface area contributed by atoms with Crippen molar-refractivity contribution in [2.45, 2.75) is 38.8 Å². The molecule has 2 aromatic carbocycles. The highest BCUT2D eigenvalue weighted by Gasteiger charge is 2.24. The van der Waals surface area contributed by atoms with Gasteiger partial charge in [-0.1, -0.05) is 43.7 Å². The van der Waals surface area contributed by atoms with Gasteiger partial charge < -0.3 is 15.4 Å². The largest absolute Gasteiger partial charge is 0.449 e. The number of anilines is 1. The van der Waals surface area contributed by atoms with Gasteiger partial charge in [0.1, 0.15) is 5.69 Å². The number of hydrogen-bond acceptors (Lipinski definition) is 6. The first-order valence-corrected chi connectivity index (χ1v) is 9.39. The topological polar surface area (TPSA) is 111 Å². The lowest BCUT2D eigenvalue weighted by Crippen LogP contribution is -2.38. The van der Waals surface area contributed by atoms with Gasteiger partial charge in [-0.25, -0.2) is 4.79 Å². The Labute approximate surface area is 169 Å². The number of carbonyl (C=O) groups excluding carboxylic acids is 2. The van der Waals surface area contributed by atoms with E-state index in [9.17, 15) is 19.7 Å². The van der Waals surface area contributed by atoms with E-state index < -0.39 is 22.9 Å². The molecule has 0 saturated carbocycles. The first-order chi connectivity index (χ1) is 13.9. The van der Waals surface area contributed by atoms with Gasteiger partial charge in [0.25, 0.3) is 11.6 Å². The molecule has 0 bridgehead atoms. The van der Waals surface area contributed by atoms with Crippen LogP contribution < -0.4 is 10.6 Å². The normalized spacial score (nSPS) is 12.5. The number of benzene rings is 2. The molecule has 0 radical (unpaired) electrons. The van der Waals surface area contributed by atoms with Crippen LogP contribution in [-0.4, -0.2) is 30.0 Å². The van der Waals surface area contributed by atoms with Crippen molar-refractivity contribution >= 4 is 23.3 Å². The van der Waals surface area contributed by atoms with Crippen LogP contribution in [0.2, 0.25) is 0 Å². The Bertz CT molecular complexity index is 870. The van der Waals surface area contributed by atoms with Crippen molar-refractivity contribution in [1.29, 1.82) is 0 Å². The molecule has 154 valence electrons. The predicted molar refractivity (Wildman–Crippen MR) is 110 cm³/mol. The fraction of sp³-hybridized carbons (Fsp3) is 0.333. The molecule has 0 fully saturated rings. The van der Waals surface area contributed by atoms with Gasteiger partial charge in [0.2, 0.25) is 0 Å². The van der Waals surface area contributed by atoms with Crippen LogP contribution in [0.25, 0.3) is 0 Å². The molecule has 0 aliphatic carbocycles. The molecule has 29 heavy (non-hydrogen) atoms. The Balaban J connectivity index is 2.07.